The second kappa shape index (κ2) is 3.67. The fourth-order valence-electron chi connectivity index (χ4n) is 2.41. The first-order chi connectivity index (χ1) is 6.69. The van der Waals surface area contributed by atoms with Crippen LogP contribution < -0.4 is 5.73 Å². The fourth-order valence-corrected chi connectivity index (χ4v) is 2.68. The van der Waals surface area contributed by atoms with Crippen LogP contribution in [0.1, 0.15) is 25.3 Å². The Balaban J connectivity index is 2.33. The van der Waals surface area contributed by atoms with E-state index in [0.717, 1.165) is 16.9 Å². The highest BCUT2D eigenvalue weighted by molar-refractivity contribution is 9.10. The summed E-state index contributed by atoms with van der Waals surface area (Å²) in [5.74, 6) is 0.730. The highest BCUT2D eigenvalue weighted by Crippen LogP contribution is 2.47. The molecule has 2 atom stereocenters. The van der Waals surface area contributed by atoms with E-state index in [2.05, 4.69) is 47.1 Å². The Bertz CT molecular complexity index is 316. The summed E-state index contributed by atoms with van der Waals surface area (Å²) in [6.07, 6.45) is 2.56. The van der Waals surface area contributed by atoms with Gasteiger partial charge in [0, 0.05) is 16.4 Å². The molecule has 14 heavy (non-hydrogen) atoms. The Morgan fingerprint density at radius 2 is 2.07 bits per heavy atom. The summed E-state index contributed by atoms with van der Waals surface area (Å²) in [7, 11) is 0. The summed E-state index contributed by atoms with van der Waals surface area (Å²) in [6.45, 7) is 3.08. The Morgan fingerprint density at radius 1 is 1.43 bits per heavy atom. The van der Waals surface area contributed by atoms with Gasteiger partial charge in [0.05, 0.1) is 0 Å². The summed E-state index contributed by atoms with van der Waals surface area (Å²) in [6, 6.07) is 8.62. The molecule has 1 aliphatic carbocycles. The van der Waals surface area contributed by atoms with Gasteiger partial charge < -0.3 is 5.73 Å². The third-order valence-corrected chi connectivity index (χ3v) is 4.28. The lowest BCUT2D eigenvalue weighted by molar-refractivity contribution is 0.146. The van der Waals surface area contributed by atoms with E-state index >= 15 is 0 Å². The molecule has 0 aromatic heterocycles. The number of halogens is 1. The average Bonchev–Trinajstić information content (AvgIpc) is 2.20. The van der Waals surface area contributed by atoms with E-state index in [1.807, 2.05) is 0 Å². The Hall–Kier alpha value is -0.340. The van der Waals surface area contributed by atoms with E-state index in [1.54, 1.807) is 0 Å². The standard InChI is InChI=1S/C12H16BrN/c1-9-6-7-12(9,8-14)10-2-4-11(13)5-3-10/h2-5,9H,6-8,14H2,1H3. The third-order valence-electron chi connectivity index (χ3n) is 3.75. The zero-order chi connectivity index (χ0) is 10.2. The van der Waals surface area contributed by atoms with Crippen LogP contribution in [0.25, 0.3) is 0 Å². The normalized spacial score (nSPS) is 31.2. The van der Waals surface area contributed by atoms with Gasteiger partial charge in [-0.3, -0.25) is 0 Å². The molecule has 2 rings (SSSR count). The molecule has 76 valence electrons. The van der Waals surface area contributed by atoms with Crippen molar-refractivity contribution in [1.82, 2.24) is 0 Å². The lowest BCUT2D eigenvalue weighted by atomic mass is 9.57. The van der Waals surface area contributed by atoms with Gasteiger partial charge in [-0.25, -0.2) is 0 Å². The van der Waals surface area contributed by atoms with Crippen LogP contribution >= 0.6 is 15.9 Å². The van der Waals surface area contributed by atoms with E-state index in [4.69, 9.17) is 5.73 Å². The van der Waals surface area contributed by atoms with Gasteiger partial charge in [-0.2, -0.15) is 0 Å². The molecule has 2 heteroatoms. The van der Waals surface area contributed by atoms with Crippen molar-refractivity contribution in [3.63, 3.8) is 0 Å². The molecule has 2 unspecified atom stereocenters. The minimum atomic E-state index is 0.265. The number of hydrogen-bond acceptors (Lipinski definition) is 1. The van der Waals surface area contributed by atoms with Crippen molar-refractivity contribution < 1.29 is 0 Å². The van der Waals surface area contributed by atoms with Crippen LogP contribution in [-0.4, -0.2) is 6.54 Å². The van der Waals surface area contributed by atoms with Gasteiger partial charge in [-0.05, 0) is 36.5 Å². The van der Waals surface area contributed by atoms with E-state index in [0.29, 0.717) is 0 Å². The van der Waals surface area contributed by atoms with Crippen molar-refractivity contribution in [2.45, 2.75) is 25.2 Å². The SMILES string of the molecule is CC1CCC1(CN)c1ccc(Br)cc1. The van der Waals surface area contributed by atoms with Gasteiger partial charge in [-0.1, -0.05) is 35.0 Å². The van der Waals surface area contributed by atoms with Gasteiger partial charge in [0.2, 0.25) is 0 Å². The van der Waals surface area contributed by atoms with Crippen LogP contribution in [0.5, 0.6) is 0 Å². The van der Waals surface area contributed by atoms with Crippen LogP contribution in [-0.2, 0) is 5.41 Å². The van der Waals surface area contributed by atoms with Crippen LogP contribution in [0.15, 0.2) is 28.7 Å². The zero-order valence-corrected chi connectivity index (χ0v) is 10.0. The van der Waals surface area contributed by atoms with Crippen molar-refractivity contribution in [2.24, 2.45) is 11.7 Å². The quantitative estimate of drug-likeness (QED) is 0.862. The molecule has 0 aliphatic heterocycles. The van der Waals surface area contributed by atoms with Crippen molar-refractivity contribution in [2.75, 3.05) is 6.54 Å². The van der Waals surface area contributed by atoms with E-state index in [1.165, 1.54) is 18.4 Å². The highest BCUT2D eigenvalue weighted by Gasteiger charge is 2.43. The molecular formula is C12H16BrN. The Kier molecular flexibility index (Phi) is 2.67. The zero-order valence-electron chi connectivity index (χ0n) is 8.46. The number of benzene rings is 1. The molecule has 0 bridgehead atoms. The lowest BCUT2D eigenvalue weighted by Crippen LogP contribution is -2.48. The molecule has 1 aliphatic rings. The summed E-state index contributed by atoms with van der Waals surface area (Å²) >= 11 is 3.46. The molecule has 0 radical (unpaired) electrons. The van der Waals surface area contributed by atoms with Gasteiger partial charge in [0.1, 0.15) is 0 Å². The van der Waals surface area contributed by atoms with E-state index in [9.17, 15) is 0 Å². The number of rotatable bonds is 2. The van der Waals surface area contributed by atoms with Crippen LogP contribution in [0, 0.1) is 5.92 Å². The Labute approximate surface area is 93.8 Å². The summed E-state index contributed by atoms with van der Waals surface area (Å²) in [5, 5.41) is 0. The van der Waals surface area contributed by atoms with Crippen LogP contribution in [0.3, 0.4) is 0 Å². The first-order valence-electron chi connectivity index (χ1n) is 5.15. The maximum Gasteiger partial charge on any atom is 0.0175 e. The second-order valence-corrected chi connectivity index (χ2v) is 5.22. The minimum absolute atomic E-state index is 0.265. The highest BCUT2D eigenvalue weighted by atomic mass is 79.9. The maximum atomic E-state index is 5.92. The molecule has 0 spiro atoms. The summed E-state index contributed by atoms with van der Waals surface area (Å²) < 4.78 is 1.14. The van der Waals surface area contributed by atoms with Crippen LogP contribution in [0.4, 0.5) is 0 Å². The topological polar surface area (TPSA) is 26.0 Å². The van der Waals surface area contributed by atoms with Crippen molar-refractivity contribution in [3.05, 3.63) is 34.3 Å². The maximum absolute atomic E-state index is 5.92. The van der Waals surface area contributed by atoms with Crippen molar-refractivity contribution >= 4 is 15.9 Å². The predicted octanol–water partition coefficient (Wildman–Crippen LogP) is 3.08. The van der Waals surface area contributed by atoms with Gasteiger partial charge in [0.15, 0.2) is 0 Å². The second-order valence-electron chi connectivity index (χ2n) is 4.31. The fraction of sp³-hybridized carbons (Fsp3) is 0.500. The third kappa shape index (κ3) is 1.41. The number of hydrogen-bond donors (Lipinski definition) is 1. The molecular weight excluding hydrogens is 238 g/mol. The van der Waals surface area contributed by atoms with Crippen molar-refractivity contribution in [1.29, 1.82) is 0 Å². The average molecular weight is 254 g/mol. The van der Waals surface area contributed by atoms with Crippen LogP contribution in [0.2, 0.25) is 0 Å². The predicted molar refractivity (Wildman–Crippen MR) is 63.3 cm³/mol. The van der Waals surface area contributed by atoms with Gasteiger partial charge >= 0.3 is 0 Å². The molecule has 2 N–H and O–H groups in total. The molecule has 0 saturated heterocycles. The van der Waals surface area contributed by atoms with E-state index in [-0.39, 0.29) is 5.41 Å². The molecule has 1 nitrogen and oxygen atoms in total. The smallest absolute Gasteiger partial charge is 0.0175 e. The first kappa shape index (κ1) is 10.2. The first-order valence-corrected chi connectivity index (χ1v) is 5.94. The monoisotopic (exact) mass is 253 g/mol. The van der Waals surface area contributed by atoms with Gasteiger partial charge in [-0.15, -0.1) is 0 Å². The summed E-state index contributed by atoms with van der Waals surface area (Å²) in [5.41, 5.74) is 7.59. The molecule has 1 saturated carbocycles. The molecule has 1 fully saturated rings. The Morgan fingerprint density at radius 3 is 2.43 bits per heavy atom. The van der Waals surface area contributed by atoms with E-state index < -0.39 is 0 Å². The molecule has 1 aromatic rings. The van der Waals surface area contributed by atoms with Crippen molar-refractivity contribution in [3.8, 4) is 0 Å². The summed E-state index contributed by atoms with van der Waals surface area (Å²) in [4.78, 5) is 0. The van der Waals surface area contributed by atoms with Gasteiger partial charge in [0.25, 0.3) is 0 Å². The lowest BCUT2D eigenvalue weighted by Gasteiger charge is -2.48. The number of nitrogens with two attached hydrogens (primary N) is 1. The molecule has 1 aromatic carbocycles. The largest absolute Gasteiger partial charge is 0.330 e. The molecule has 0 heterocycles. The minimum Gasteiger partial charge on any atom is -0.330 e. The molecule has 0 amide bonds.